The van der Waals surface area contributed by atoms with Gasteiger partial charge in [-0.1, -0.05) is 5.21 Å². The van der Waals surface area contributed by atoms with Crippen molar-refractivity contribution in [2.75, 3.05) is 14.2 Å². The molecule has 1 N–H and O–H groups in total. The maximum absolute atomic E-state index is 12.0. The van der Waals surface area contributed by atoms with Crippen molar-refractivity contribution in [3.05, 3.63) is 11.4 Å². The monoisotopic (exact) mass is 282 g/mol. The van der Waals surface area contributed by atoms with Crippen molar-refractivity contribution in [1.82, 2.24) is 20.3 Å². The number of nitrogens with zero attached hydrogens (tertiary/aromatic N) is 3. The Balaban J connectivity index is 2.11. The number of carbonyl (C=O) groups excluding carboxylic acids is 3. The predicted molar refractivity (Wildman–Crippen MR) is 63.9 cm³/mol. The van der Waals surface area contributed by atoms with Gasteiger partial charge in [0.1, 0.15) is 0 Å². The molecule has 108 valence electrons. The zero-order valence-electron chi connectivity index (χ0n) is 11.1. The number of hydrogen-bond acceptors (Lipinski definition) is 7. The molecule has 20 heavy (non-hydrogen) atoms. The summed E-state index contributed by atoms with van der Waals surface area (Å²) in [5, 5.41) is 10.1. The molecule has 1 aromatic rings. The number of aromatic nitrogens is 3. The van der Waals surface area contributed by atoms with Crippen LogP contribution in [0.15, 0.2) is 0 Å². The zero-order chi connectivity index (χ0) is 14.7. The first-order valence-electron chi connectivity index (χ1n) is 5.96. The number of esters is 2. The third kappa shape index (κ3) is 2.60. The normalized spacial score (nSPS) is 17.1. The summed E-state index contributed by atoms with van der Waals surface area (Å²) in [5.41, 5.74) is -0.0393. The summed E-state index contributed by atoms with van der Waals surface area (Å²) >= 11 is 0. The third-order valence-electron chi connectivity index (χ3n) is 2.98. The number of nitrogens with one attached hydrogen (secondary N) is 1. The molecule has 1 unspecified atom stereocenters. The first-order chi connectivity index (χ1) is 9.56. The summed E-state index contributed by atoms with van der Waals surface area (Å²) < 4.78 is 10.4. The number of carbonyl (C=O) groups is 3. The van der Waals surface area contributed by atoms with E-state index in [1.807, 2.05) is 0 Å². The van der Waals surface area contributed by atoms with Gasteiger partial charge in [0.05, 0.1) is 20.8 Å². The number of rotatable bonds is 4. The van der Waals surface area contributed by atoms with Gasteiger partial charge in [-0.05, 0) is 6.42 Å². The lowest BCUT2D eigenvalue weighted by atomic mass is 10.1. The molecule has 2 rings (SSSR count). The van der Waals surface area contributed by atoms with Gasteiger partial charge in [-0.25, -0.2) is 9.48 Å². The lowest BCUT2D eigenvalue weighted by Crippen LogP contribution is -2.45. The van der Waals surface area contributed by atoms with Crippen LogP contribution in [0.1, 0.15) is 33.8 Å². The van der Waals surface area contributed by atoms with E-state index >= 15 is 0 Å². The molecule has 0 fully saturated rings. The van der Waals surface area contributed by atoms with E-state index in [1.54, 1.807) is 0 Å². The van der Waals surface area contributed by atoms with Crippen LogP contribution in [0.2, 0.25) is 0 Å². The van der Waals surface area contributed by atoms with Crippen molar-refractivity contribution in [1.29, 1.82) is 0 Å². The highest BCUT2D eigenvalue weighted by molar-refractivity contribution is 6.03. The average Bonchev–Trinajstić information content (AvgIpc) is 2.88. The molecular weight excluding hydrogens is 268 g/mol. The largest absolute Gasteiger partial charge is 0.469 e. The van der Waals surface area contributed by atoms with Crippen molar-refractivity contribution in [3.63, 3.8) is 0 Å². The molecule has 1 aromatic heterocycles. The maximum Gasteiger partial charge on any atom is 0.361 e. The van der Waals surface area contributed by atoms with Crippen molar-refractivity contribution in [2.24, 2.45) is 0 Å². The fourth-order valence-corrected chi connectivity index (χ4v) is 1.97. The molecule has 1 aliphatic rings. The number of hydrogen-bond donors (Lipinski definition) is 1. The quantitative estimate of drug-likeness (QED) is 0.714. The Bertz CT molecular complexity index is 553. The molecule has 1 atom stereocenters. The first kappa shape index (κ1) is 14.0. The highest BCUT2D eigenvalue weighted by Crippen LogP contribution is 2.15. The Morgan fingerprint density at radius 2 is 2.15 bits per heavy atom. The van der Waals surface area contributed by atoms with Crippen LogP contribution in [-0.2, 0) is 20.8 Å². The smallest absolute Gasteiger partial charge is 0.361 e. The summed E-state index contributed by atoms with van der Waals surface area (Å²) in [6.45, 7) is 0.335. The Kier molecular flexibility index (Phi) is 3.97. The van der Waals surface area contributed by atoms with Gasteiger partial charge < -0.3 is 14.8 Å². The van der Waals surface area contributed by atoms with Crippen LogP contribution in [0, 0.1) is 0 Å². The molecule has 1 aliphatic heterocycles. The second kappa shape index (κ2) is 5.68. The predicted octanol–water partition coefficient (Wildman–Crippen LogP) is -0.870. The van der Waals surface area contributed by atoms with E-state index in [0.717, 1.165) is 0 Å². The minimum atomic E-state index is -0.714. The summed E-state index contributed by atoms with van der Waals surface area (Å²) in [6.07, 6.45) is 0.612. The van der Waals surface area contributed by atoms with E-state index in [9.17, 15) is 14.4 Å². The molecule has 0 saturated carbocycles. The molecule has 0 spiro atoms. The van der Waals surface area contributed by atoms with E-state index in [2.05, 4.69) is 25.1 Å². The molecule has 9 nitrogen and oxygen atoms in total. The first-order valence-corrected chi connectivity index (χ1v) is 5.96. The fourth-order valence-electron chi connectivity index (χ4n) is 1.97. The van der Waals surface area contributed by atoms with Crippen LogP contribution in [0.4, 0.5) is 0 Å². The maximum atomic E-state index is 12.0. The van der Waals surface area contributed by atoms with E-state index in [1.165, 1.54) is 18.9 Å². The highest BCUT2D eigenvalue weighted by atomic mass is 16.5. The van der Waals surface area contributed by atoms with Crippen molar-refractivity contribution in [2.45, 2.75) is 25.4 Å². The number of methoxy groups -OCH3 is 2. The molecule has 0 radical (unpaired) electrons. The van der Waals surface area contributed by atoms with Crippen LogP contribution in [-0.4, -0.2) is 53.1 Å². The molecule has 0 bridgehead atoms. The standard InChI is InChI=1S/C11H14N4O5/c1-19-7(16)4-3-6-5-15-9(10(17)12-6)8(13-14-15)11(18)20-2/h6H,3-5H2,1-2H3,(H,12,17). The van der Waals surface area contributed by atoms with Gasteiger partial charge >= 0.3 is 11.9 Å². The van der Waals surface area contributed by atoms with Gasteiger partial charge in [0.15, 0.2) is 5.69 Å². The molecule has 9 heteroatoms. The third-order valence-corrected chi connectivity index (χ3v) is 2.98. The molecule has 1 amide bonds. The lowest BCUT2D eigenvalue weighted by molar-refractivity contribution is -0.140. The second-order valence-electron chi connectivity index (χ2n) is 4.25. The Hall–Kier alpha value is -2.45. The number of amides is 1. The molecule has 0 saturated heterocycles. The Morgan fingerprint density at radius 1 is 1.40 bits per heavy atom. The zero-order valence-corrected chi connectivity index (χ0v) is 11.1. The van der Waals surface area contributed by atoms with E-state index < -0.39 is 11.9 Å². The van der Waals surface area contributed by atoms with E-state index in [0.29, 0.717) is 13.0 Å². The van der Waals surface area contributed by atoms with Crippen molar-refractivity contribution in [3.8, 4) is 0 Å². The van der Waals surface area contributed by atoms with E-state index in [4.69, 9.17) is 0 Å². The van der Waals surface area contributed by atoms with Crippen LogP contribution in [0.3, 0.4) is 0 Å². The molecule has 0 aromatic carbocycles. The minimum absolute atomic E-state index is 0.0752. The van der Waals surface area contributed by atoms with Gasteiger partial charge in [0.25, 0.3) is 5.91 Å². The van der Waals surface area contributed by atoms with Gasteiger partial charge in [0.2, 0.25) is 5.69 Å². The highest BCUT2D eigenvalue weighted by Gasteiger charge is 2.32. The van der Waals surface area contributed by atoms with Gasteiger partial charge in [-0.3, -0.25) is 9.59 Å². The molecular formula is C11H14N4O5. The fraction of sp³-hybridized carbons (Fsp3) is 0.545. The van der Waals surface area contributed by atoms with Crippen molar-refractivity contribution >= 4 is 17.8 Å². The molecule has 2 heterocycles. The van der Waals surface area contributed by atoms with Crippen LogP contribution in [0.5, 0.6) is 0 Å². The summed E-state index contributed by atoms with van der Waals surface area (Å²) in [4.78, 5) is 34.5. The SMILES string of the molecule is COC(=O)CCC1Cn2nnc(C(=O)OC)c2C(=O)N1. The van der Waals surface area contributed by atoms with Crippen molar-refractivity contribution < 1.29 is 23.9 Å². The summed E-state index contributed by atoms with van der Waals surface area (Å²) in [6, 6.07) is -0.263. The Labute approximate surface area is 114 Å². The summed E-state index contributed by atoms with van der Waals surface area (Å²) in [5.74, 6) is -1.52. The lowest BCUT2D eigenvalue weighted by Gasteiger charge is -2.23. The van der Waals surface area contributed by atoms with Gasteiger partial charge in [-0.15, -0.1) is 5.10 Å². The van der Waals surface area contributed by atoms with Gasteiger partial charge in [0, 0.05) is 12.5 Å². The average molecular weight is 282 g/mol. The number of fused-ring (bicyclic) bond motifs is 1. The van der Waals surface area contributed by atoms with Crippen LogP contribution < -0.4 is 5.32 Å². The summed E-state index contributed by atoms with van der Waals surface area (Å²) in [7, 11) is 2.51. The molecule has 0 aliphatic carbocycles. The Morgan fingerprint density at radius 3 is 2.80 bits per heavy atom. The van der Waals surface area contributed by atoms with E-state index in [-0.39, 0.29) is 29.8 Å². The minimum Gasteiger partial charge on any atom is -0.469 e. The van der Waals surface area contributed by atoms with Crippen LogP contribution in [0.25, 0.3) is 0 Å². The van der Waals surface area contributed by atoms with Gasteiger partial charge in [-0.2, -0.15) is 0 Å². The topological polar surface area (TPSA) is 112 Å². The second-order valence-corrected chi connectivity index (χ2v) is 4.25. The van der Waals surface area contributed by atoms with Crippen LogP contribution >= 0.6 is 0 Å². The number of ether oxygens (including phenoxy) is 2.